The molecule has 10 heteroatoms. The molecule has 0 unspecified atom stereocenters. The lowest BCUT2D eigenvalue weighted by atomic mass is 10.1. The third kappa shape index (κ3) is 6.56. The molecule has 0 bridgehead atoms. The second-order valence-electron chi connectivity index (χ2n) is 8.29. The fourth-order valence-corrected chi connectivity index (χ4v) is 4.82. The molecule has 0 aliphatic carbocycles. The molecule has 0 amide bonds. The molecule has 0 fully saturated rings. The number of phenols is 1. The highest BCUT2D eigenvalue weighted by Crippen LogP contribution is 2.37. The number of nitrogens with one attached hydrogen (secondary N) is 1. The van der Waals surface area contributed by atoms with Crippen LogP contribution in [0, 0.1) is 0 Å². The molecule has 0 heterocycles. The summed E-state index contributed by atoms with van der Waals surface area (Å²) in [4.78, 5) is 11.6. The van der Waals surface area contributed by atoms with Gasteiger partial charge in [0.1, 0.15) is 16.2 Å². The van der Waals surface area contributed by atoms with Gasteiger partial charge in [-0.15, -0.1) is 0 Å². The molecular formula is C24H23Cl2NO6S. The van der Waals surface area contributed by atoms with Crippen LogP contribution in [0.5, 0.6) is 11.5 Å². The molecule has 2 N–H and O–H groups in total. The van der Waals surface area contributed by atoms with Crippen molar-refractivity contribution in [1.82, 2.24) is 0 Å². The summed E-state index contributed by atoms with van der Waals surface area (Å²) in [6.45, 7) is 4.73. The van der Waals surface area contributed by atoms with Gasteiger partial charge < -0.3 is 14.6 Å². The lowest BCUT2D eigenvalue weighted by molar-refractivity contribution is -0.157. The Kier molecular flexibility index (Phi) is 7.65. The largest absolute Gasteiger partial charge is 0.505 e. The van der Waals surface area contributed by atoms with Crippen LogP contribution in [-0.4, -0.2) is 31.7 Å². The summed E-state index contributed by atoms with van der Waals surface area (Å²) < 4.78 is 39.5. The minimum atomic E-state index is -4.34. The highest BCUT2D eigenvalue weighted by Gasteiger charge is 2.24. The van der Waals surface area contributed by atoms with Crippen molar-refractivity contribution in [3.8, 4) is 22.6 Å². The number of anilines is 1. The highest BCUT2D eigenvalue weighted by atomic mass is 35.5. The Morgan fingerprint density at radius 2 is 1.68 bits per heavy atom. The number of carbonyl (C=O) groups excluding carboxylic acids is 1. The summed E-state index contributed by atoms with van der Waals surface area (Å²) >= 11 is 11.8. The molecule has 34 heavy (non-hydrogen) atoms. The molecule has 7 nitrogen and oxygen atoms in total. The zero-order valence-electron chi connectivity index (χ0n) is 18.6. The summed E-state index contributed by atoms with van der Waals surface area (Å²) in [7, 11) is -4.34. The van der Waals surface area contributed by atoms with E-state index in [-0.39, 0.29) is 21.5 Å². The van der Waals surface area contributed by atoms with Crippen molar-refractivity contribution in [2.24, 2.45) is 0 Å². The second kappa shape index (κ2) is 10.1. The summed E-state index contributed by atoms with van der Waals surface area (Å²) in [6.07, 6.45) is 0. The Morgan fingerprint density at radius 1 is 1.00 bits per heavy atom. The Hall–Kier alpha value is -2.94. The van der Waals surface area contributed by atoms with Crippen molar-refractivity contribution in [3.05, 3.63) is 70.7 Å². The number of rotatable bonds is 7. The van der Waals surface area contributed by atoms with Crippen LogP contribution < -0.4 is 9.46 Å². The van der Waals surface area contributed by atoms with Gasteiger partial charge in [0.25, 0.3) is 10.0 Å². The third-order valence-electron chi connectivity index (χ3n) is 4.38. The number of carbonyl (C=O) groups is 1. The van der Waals surface area contributed by atoms with Gasteiger partial charge in [-0.25, -0.2) is 13.2 Å². The van der Waals surface area contributed by atoms with Crippen molar-refractivity contribution in [2.45, 2.75) is 31.3 Å². The number of esters is 1. The molecular weight excluding hydrogens is 501 g/mol. The number of phenolic OH excluding ortho intramolecular Hbond substituents is 1. The maximum Gasteiger partial charge on any atom is 0.344 e. The number of aromatic hydroxyl groups is 1. The summed E-state index contributed by atoms with van der Waals surface area (Å²) in [5.41, 5.74) is 0.859. The standard InChI is InChI=1S/C24H23Cl2NO6S/c1-24(2,3)33-22(28)14-32-20-10-9-16(15-7-5-4-6-8-15)11-19(20)27-34(30,31)21-13-17(25)12-18(26)23(21)29/h4-13,27,29H,14H2,1-3H3. The Morgan fingerprint density at radius 3 is 2.32 bits per heavy atom. The number of ether oxygens (including phenoxy) is 2. The molecule has 0 aliphatic heterocycles. The van der Waals surface area contributed by atoms with Crippen LogP contribution in [0.1, 0.15) is 20.8 Å². The lowest BCUT2D eigenvalue weighted by Crippen LogP contribution is -2.27. The van der Waals surface area contributed by atoms with Crippen molar-refractivity contribution >= 4 is 44.9 Å². The number of halogens is 2. The Bertz CT molecular complexity index is 1310. The molecule has 3 aromatic carbocycles. The minimum absolute atomic E-state index is 0.0302. The first-order chi connectivity index (χ1) is 15.9. The van der Waals surface area contributed by atoms with E-state index in [1.54, 1.807) is 32.9 Å². The van der Waals surface area contributed by atoms with Crippen molar-refractivity contribution in [3.63, 3.8) is 0 Å². The van der Waals surface area contributed by atoms with E-state index in [0.29, 0.717) is 5.56 Å². The van der Waals surface area contributed by atoms with Crippen LogP contribution in [0.15, 0.2) is 65.6 Å². The molecule has 3 rings (SSSR count). The lowest BCUT2D eigenvalue weighted by Gasteiger charge is -2.20. The Balaban J connectivity index is 1.99. The molecule has 0 radical (unpaired) electrons. The molecule has 0 saturated heterocycles. The van der Waals surface area contributed by atoms with Gasteiger partial charge in [0.2, 0.25) is 0 Å². The van der Waals surface area contributed by atoms with Gasteiger partial charge in [0.05, 0.1) is 10.7 Å². The van der Waals surface area contributed by atoms with Gasteiger partial charge in [-0.2, -0.15) is 0 Å². The topological polar surface area (TPSA) is 102 Å². The fraction of sp³-hybridized carbons (Fsp3) is 0.208. The predicted molar refractivity (Wildman–Crippen MR) is 132 cm³/mol. The van der Waals surface area contributed by atoms with Crippen molar-refractivity contribution in [1.29, 1.82) is 0 Å². The first kappa shape index (κ1) is 25.7. The van der Waals surface area contributed by atoms with E-state index in [4.69, 9.17) is 32.7 Å². The summed E-state index contributed by atoms with van der Waals surface area (Å²) in [6, 6.07) is 16.4. The second-order valence-corrected chi connectivity index (χ2v) is 10.8. The fourth-order valence-electron chi connectivity index (χ4n) is 3.00. The monoisotopic (exact) mass is 523 g/mol. The van der Waals surface area contributed by atoms with Gasteiger partial charge in [0, 0.05) is 5.02 Å². The predicted octanol–water partition coefficient (Wildman–Crippen LogP) is 5.89. The van der Waals surface area contributed by atoms with E-state index < -0.39 is 38.8 Å². The van der Waals surface area contributed by atoms with Gasteiger partial charge >= 0.3 is 5.97 Å². The van der Waals surface area contributed by atoms with Crippen LogP contribution in [0.25, 0.3) is 11.1 Å². The molecule has 3 aromatic rings. The maximum absolute atomic E-state index is 13.1. The normalized spacial score (nSPS) is 11.7. The smallest absolute Gasteiger partial charge is 0.344 e. The molecule has 0 atom stereocenters. The number of hydrogen-bond donors (Lipinski definition) is 2. The van der Waals surface area contributed by atoms with Crippen LogP contribution in [0.3, 0.4) is 0 Å². The van der Waals surface area contributed by atoms with Crippen LogP contribution in [0.2, 0.25) is 10.0 Å². The van der Waals surface area contributed by atoms with Crippen molar-refractivity contribution < 1.29 is 27.8 Å². The minimum Gasteiger partial charge on any atom is -0.505 e. The van der Waals surface area contributed by atoms with Crippen molar-refractivity contribution in [2.75, 3.05) is 11.3 Å². The first-order valence-corrected chi connectivity index (χ1v) is 12.3. The molecule has 180 valence electrons. The zero-order chi connectivity index (χ0) is 25.1. The number of hydrogen-bond acceptors (Lipinski definition) is 6. The van der Waals surface area contributed by atoms with E-state index in [1.165, 1.54) is 12.1 Å². The first-order valence-electron chi connectivity index (χ1n) is 10.1. The van der Waals surface area contributed by atoms with Gasteiger partial charge in [-0.1, -0.05) is 59.6 Å². The van der Waals surface area contributed by atoms with Gasteiger partial charge in [-0.05, 0) is 56.2 Å². The van der Waals surface area contributed by atoms with Crippen LogP contribution in [0.4, 0.5) is 5.69 Å². The molecule has 0 spiro atoms. The molecule has 0 aliphatic rings. The van der Waals surface area contributed by atoms with Crippen LogP contribution >= 0.6 is 23.2 Å². The van der Waals surface area contributed by atoms with E-state index >= 15 is 0 Å². The average Bonchev–Trinajstić information content (AvgIpc) is 2.74. The Labute approximate surface area is 208 Å². The highest BCUT2D eigenvalue weighted by molar-refractivity contribution is 7.92. The molecule has 0 aromatic heterocycles. The maximum atomic E-state index is 13.1. The van der Waals surface area contributed by atoms with E-state index in [1.807, 2.05) is 30.3 Å². The zero-order valence-corrected chi connectivity index (χ0v) is 21.0. The number of sulfonamides is 1. The van der Waals surface area contributed by atoms with Gasteiger partial charge in [-0.3, -0.25) is 4.72 Å². The van der Waals surface area contributed by atoms with E-state index in [0.717, 1.165) is 11.6 Å². The summed E-state index contributed by atoms with van der Waals surface area (Å²) in [5, 5.41) is 10.0. The van der Waals surface area contributed by atoms with Gasteiger partial charge in [0.15, 0.2) is 12.4 Å². The summed E-state index contributed by atoms with van der Waals surface area (Å²) in [5.74, 6) is -1.18. The quantitative estimate of drug-likeness (QED) is 0.374. The van der Waals surface area contributed by atoms with E-state index in [2.05, 4.69) is 4.72 Å². The third-order valence-corrected chi connectivity index (χ3v) is 6.26. The average molecular weight is 524 g/mol. The SMILES string of the molecule is CC(C)(C)OC(=O)COc1ccc(-c2ccccc2)cc1NS(=O)(=O)c1cc(Cl)cc(Cl)c1O. The number of benzene rings is 3. The van der Waals surface area contributed by atoms with E-state index in [9.17, 15) is 18.3 Å². The van der Waals surface area contributed by atoms with Crippen LogP contribution in [-0.2, 0) is 19.6 Å². The molecule has 0 saturated carbocycles.